The van der Waals surface area contributed by atoms with Crippen LogP contribution >= 0.6 is 11.6 Å². The van der Waals surface area contributed by atoms with Gasteiger partial charge in [-0.1, -0.05) is 17.7 Å². The highest BCUT2D eigenvalue weighted by Crippen LogP contribution is 2.32. The fraction of sp³-hybridized carbons (Fsp3) is 0.421. The number of rotatable bonds is 5. The van der Waals surface area contributed by atoms with E-state index in [1.165, 1.54) is 12.1 Å². The van der Waals surface area contributed by atoms with Gasteiger partial charge in [0.2, 0.25) is 0 Å². The van der Waals surface area contributed by atoms with Gasteiger partial charge in [0, 0.05) is 50.4 Å². The number of alkyl halides is 2. The van der Waals surface area contributed by atoms with Crippen molar-refractivity contribution in [2.24, 2.45) is 0 Å². The highest BCUT2D eigenvalue weighted by Gasteiger charge is 2.37. The second-order valence-electron chi connectivity index (χ2n) is 6.78. The van der Waals surface area contributed by atoms with E-state index in [0.29, 0.717) is 11.4 Å². The normalized spacial score (nSPS) is 17.9. The van der Waals surface area contributed by atoms with Gasteiger partial charge in [0.1, 0.15) is 11.6 Å². The molecule has 0 unspecified atom stereocenters. The summed E-state index contributed by atoms with van der Waals surface area (Å²) in [5.41, 5.74) is 0.448. The van der Waals surface area contributed by atoms with Crippen molar-refractivity contribution < 1.29 is 18.0 Å². The third kappa shape index (κ3) is 4.80. The molecule has 0 spiro atoms. The molecule has 0 bridgehead atoms. The minimum atomic E-state index is -2.69. The molecule has 9 heteroatoms. The van der Waals surface area contributed by atoms with Gasteiger partial charge in [-0.15, -0.1) is 0 Å². The van der Waals surface area contributed by atoms with Crippen LogP contribution in [0.3, 0.4) is 0 Å². The van der Waals surface area contributed by atoms with Crippen molar-refractivity contribution in [3.63, 3.8) is 0 Å². The number of hydrogen-bond acceptors (Lipinski definition) is 4. The maximum atomic E-state index is 14.0. The van der Waals surface area contributed by atoms with Gasteiger partial charge in [-0.05, 0) is 19.1 Å². The van der Waals surface area contributed by atoms with Crippen LogP contribution in [0.1, 0.15) is 40.6 Å². The van der Waals surface area contributed by atoms with Crippen LogP contribution in [0.2, 0.25) is 5.02 Å². The highest BCUT2D eigenvalue weighted by atomic mass is 35.5. The molecule has 1 aliphatic heterocycles. The van der Waals surface area contributed by atoms with Crippen molar-refractivity contribution in [1.82, 2.24) is 20.2 Å². The van der Waals surface area contributed by atoms with Crippen LogP contribution in [-0.4, -0.2) is 46.3 Å². The van der Waals surface area contributed by atoms with E-state index in [9.17, 15) is 18.0 Å². The lowest BCUT2D eigenvalue weighted by Crippen LogP contribution is -2.45. The number of aryl methyl sites for hydroxylation is 1. The van der Waals surface area contributed by atoms with E-state index in [4.69, 9.17) is 11.6 Å². The Morgan fingerprint density at radius 2 is 1.93 bits per heavy atom. The predicted molar refractivity (Wildman–Crippen MR) is 99.0 cm³/mol. The predicted octanol–water partition coefficient (Wildman–Crippen LogP) is 3.78. The van der Waals surface area contributed by atoms with Gasteiger partial charge in [0.15, 0.2) is 0 Å². The molecule has 1 amide bonds. The average Bonchev–Trinajstić information content (AvgIpc) is 2.64. The Labute approximate surface area is 165 Å². The summed E-state index contributed by atoms with van der Waals surface area (Å²) >= 11 is 5.94. The summed E-state index contributed by atoms with van der Waals surface area (Å²) in [6, 6.07) is 3.58. The van der Waals surface area contributed by atoms with Crippen LogP contribution in [-0.2, 0) is 0 Å². The van der Waals surface area contributed by atoms with Gasteiger partial charge in [-0.2, -0.15) is 0 Å². The molecule has 28 heavy (non-hydrogen) atoms. The molecule has 1 atom stereocenters. The van der Waals surface area contributed by atoms with E-state index in [1.807, 2.05) is 4.90 Å². The summed E-state index contributed by atoms with van der Waals surface area (Å²) in [4.78, 5) is 22.6. The Kier molecular flexibility index (Phi) is 6.20. The standard InChI is InChI=1S/C19H20ClF3N4O/c1-12-24-9-13(10-25-12)16(27-7-5-19(22,23)6-8-27)11-26-18(28)17-14(20)3-2-4-15(17)21/h2-4,9-10,16H,5-8,11H2,1H3,(H,26,28)/t16-/m1/s1. The summed E-state index contributed by atoms with van der Waals surface area (Å²) in [6.45, 7) is 2.16. The lowest BCUT2D eigenvalue weighted by molar-refractivity contribution is -0.0632. The zero-order chi connectivity index (χ0) is 20.3. The van der Waals surface area contributed by atoms with Gasteiger partial charge in [-0.25, -0.2) is 23.1 Å². The maximum Gasteiger partial charge on any atom is 0.255 e. The molecule has 1 fully saturated rings. The van der Waals surface area contributed by atoms with Crippen molar-refractivity contribution in [2.45, 2.75) is 31.7 Å². The molecule has 0 radical (unpaired) electrons. The van der Waals surface area contributed by atoms with E-state index in [2.05, 4.69) is 15.3 Å². The molecule has 1 N–H and O–H groups in total. The zero-order valence-corrected chi connectivity index (χ0v) is 16.0. The fourth-order valence-electron chi connectivity index (χ4n) is 3.19. The third-order valence-electron chi connectivity index (χ3n) is 4.80. The molecule has 1 saturated heterocycles. The maximum absolute atomic E-state index is 14.0. The molecule has 2 heterocycles. The molecule has 1 aromatic carbocycles. The molecule has 2 aromatic rings. The Bertz CT molecular complexity index is 817. The van der Waals surface area contributed by atoms with Crippen molar-refractivity contribution in [3.05, 3.63) is 58.4 Å². The number of likely N-dealkylation sites (tertiary alicyclic amines) is 1. The molecule has 0 saturated carbocycles. The van der Waals surface area contributed by atoms with Gasteiger partial charge < -0.3 is 5.32 Å². The second-order valence-corrected chi connectivity index (χ2v) is 7.19. The lowest BCUT2D eigenvalue weighted by atomic mass is 10.0. The first-order valence-corrected chi connectivity index (χ1v) is 9.27. The van der Waals surface area contributed by atoms with Crippen molar-refractivity contribution >= 4 is 17.5 Å². The molecular formula is C19H20ClF3N4O. The quantitative estimate of drug-likeness (QED) is 0.812. The van der Waals surface area contributed by atoms with Crippen molar-refractivity contribution in [3.8, 4) is 0 Å². The lowest BCUT2D eigenvalue weighted by Gasteiger charge is -2.37. The number of halogens is 4. The molecule has 1 aliphatic rings. The Morgan fingerprint density at radius 1 is 1.29 bits per heavy atom. The minimum Gasteiger partial charge on any atom is -0.350 e. The first-order chi connectivity index (χ1) is 13.3. The number of carbonyl (C=O) groups is 1. The molecular weight excluding hydrogens is 393 g/mol. The molecule has 5 nitrogen and oxygen atoms in total. The second kappa shape index (κ2) is 8.45. The SMILES string of the molecule is Cc1ncc([C@@H](CNC(=O)c2c(F)cccc2Cl)N2CCC(F)(F)CC2)cn1. The third-order valence-corrected chi connectivity index (χ3v) is 5.12. The molecule has 0 aliphatic carbocycles. The summed E-state index contributed by atoms with van der Waals surface area (Å²) in [5, 5.41) is 2.67. The number of nitrogens with zero attached hydrogens (tertiary/aromatic N) is 3. The van der Waals surface area contributed by atoms with Crippen LogP contribution in [0.5, 0.6) is 0 Å². The van der Waals surface area contributed by atoms with Crippen LogP contribution in [0.15, 0.2) is 30.6 Å². The number of hydrogen-bond donors (Lipinski definition) is 1. The topological polar surface area (TPSA) is 58.1 Å². The Hall–Kier alpha value is -2.19. The first-order valence-electron chi connectivity index (χ1n) is 8.89. The molecule has 150 valence electrons. The van der Waals surface area contributed by atoms with Crippen LogP contribution in [0.25, 0.3) is 0 Å². The number of carbonyl (C=O) groups excluding carboxylic acids is 1. The Morgan fingerprint density at radius 3 is 2.54 bits per heavy atom. The van der Waals surface area contributed by atoms with E-state index < -0.39 is 23.7 Å². The van der Waals surface area contributed by atoms with E-state index >= 15 is 0 Å². The van der Waals surface area contributed by atoms with Crippen molar-refractivity contribution in [1.29, 1.82) is 0 Å². The van der Waals surface area contributed by atoms with Gasteiger partial charge >= 0.3 is 0 Å². The number of nitrogens with one attached hydrogen (secondary N) is 1. The van der Waals surface area contributed by atoms with Crippen molar-refractivity contribution in [2.75, 3.05) is 19.6 Å². The summed E-state index contributed by atoms with van der Waals surface area (Å²) in [5.74, 6) is -3.49. The van der Waals surface area contributed by atoms with E-state index in [0.717, 1.165) is 6.07 Å². The largest absolute Gasteiger partial charge is 0.350 e. The number of piperidine rings is 1. The molecule has 1 aromatic heterocycles. The van der Waals surface area contributed by atoms with Gasteiger partial charge in [-0.3, -0.25) is 9.69 Å². The minimum absolute atomic E-state index is 0.00494. The Balaban J connectivity index is 1.77. The fourth-order valence-corrected chi connectivity index (χ4v) is 3.44. The first kappa shape index (κ1) is 20.5. The number of aromatic nitrogens is 2. The van der Waals surface area contributed by atoms with Gasteiger partial charge in [0.25, 0.3) is 11.8 Å². The van der Waals surface area contributed by atoms with E-state index in [-0.39, 0.29) is 43.1 Å². The summed E-state index contributed by atoms with van der Waals surface area (Å²) in [7, 11) is 0. The van der Waals surface area contributed by atoms with Gasteiger partial charge in [0.05, 0.1) is 16.6 Å². The van der Waals surface area contributed by atoms with Crippen LogP contribution in [0.4, 0.5) is 13.2 Å². The van der Waals surface area contributed by atoms with E-state index in [1.54, 1.807) is 19.3 Å². The van der Waals surface area contributed by atoms with Crippen LogP contribution in [0, 0.1) is 12.7 Å². The summed E-state index contributed by atoms with van der Waals surface area (Å²) in [6.07, 6.45) is 2.70. The summed E-state index contributed by atoms with van der Waals surface area (Å²) < 4.78 is 41.1. The highest BCUT2D eigenvalue weighted by molar-refractivity contribution is 6.33. The smallest absolute Gasteiger partial charge is 0.255 e. The molecule has 3 rings (SSSR count). The van der Waals surface area contributed by atoms with Crippen LogP contribution < -0.4 is 5.32 Å². The average molecular weight is 413 g/mol. The monoisotopic (exact) mass is 412 g/mol. The number of benzene rings is 1. The number of amides is 1. The zero-order valence-electron chi connectivity index (χ0n) is 15.3.